The fraction of sp³-hybridized carbons (Fsp3) is 0.889. The molecule has 1 aliphatic carbocycles. The maximum Gasteiger partial charge on any atom is 0.321 e. The van der Waals surface area contributed by atoms with Crippen LogP contribution in [0.3, 0.4) is 0 Å². The van der Waals surface area contributed by atoms with Crippen molar-refractivity contribution < 1.29 is 26.4 Å². The van der Waals surface area contributed by atoms with Gasteiger partial charge in [0.25, 0.3) is 0 Å². The Bertz CT molecular complexity index is 505. The van der Waals surface area contributed by atoms with E-state index >= 15 is 0 Å². The highest BCUT2D eigenvalue weighted by atomic mass is 32.3. The molecule has 0 aromatic heterocycles. The van der Waals surface area contributed by atoms with E-state index in [0.717, 1.165) is 10.6 Å². The van der Waals surface area contributed by atoms with Gasteiger partial charge in [-0.15, -0.1) is 0 Å². The molecular weight excluding hydrogens is 282 g/mol. The third-order valence-electron chi connectivity index (χ3n) is 2.26. The summed E-state index contributed by atoms with van der Waals surface area (Å²) in [4.78, 5) is 11.3. The molecule has 7 nitrogen and oxygen atoms in total. The Kier molecular flexibility index (Phi) is 4.73. The maximum atomic E-state index is 11.9. The Morgan fingerprint density at radius 1 is 1.28 bits per heavy atom. The minimum Gasteiger partial charge on any atom is -0.465 e. The summed E-state index contributed by atoms with van der Waals surface area (Å²) in [6.45, 7) is 1.35. The van der Waals surface area contributed by atoms with Crippen LogP contribution in [0.2, 0.25) is 0 Å². The van der Waals surface area contributed by atoms with Gasteiger partial charge in [0.15, 0.2) is 14.9 Å². The molecule has 0 aliphatic heterocycles. The minimum absolute atomic E-state index is 0.156. The van der Waals surface area contributed by atoms with Gasteiger partial charge in [-0.1, -0.05) is 0 Å². The number of hydrogen-bond donors (Lipinski definition) is 0. The van der Waals surface area contributed by atoms with Crippen molar-refractivity contribution in [3.8, 4) is 0 Å². The molecule has 0 amide bonds. The number of rotatable bonds is 7. The first-order valence-corrected chi connectivity index (χ1v) is 9.15. The molecule has 0 aromatic carbocycles. The van der Waals surface area contributed by atoms with E-state index in [1.165, 1.54) is 0 Å². The topological polar surface area (TPSA) is 97.8 Å². The summed E-state index contributed by atoms with van der Waals surface area (Å²) in [7, 11) is -7.65. The molecule has 0 bridgehead atoms. The third kappa shape index (κ3) is 4.91. The Balaban J connectivity index is 2.81. The van der Waals surface area contributed by atoms with Crippen molar-refractivity contribution in [2.45, 2.75) is 25.8 Å². The Labute approximate surface area is 107 Å². The van der Waals surface area contributed by atoms with Crippen LogP contribution in [-0.4, -0.2) is 57.6 Å². The minimum atomic E-state index is -3.99. The van der Waals surface area contributed by atoms with Crippen molar-refractivity contribution in [1.29, 1.82) is 0 Å². The second-order valence-corrected chi connectivity index (χ2v) is 8.66. The number of esters is 1. The summed E-state index contributed by atoms with van der Waals surface area (Å²) in [5.74, 6) is -0.665. The second kappa shape index (κ2) is 5.54. The van der Waals surface area contributed by atoms with Gasteiger partial charge in [-0.25, -0.2) is 16.8 Å². The average Bonchev–Trinajstić information content (AvgIpc) is 2.93. The van der Waals surface area contributed by atoms with Crippen LogP contribution in [0.5, 0.6) is 0 Å². The number of carbonyl (C=O) groups excluding carboxylic acids is 1. The number of sulfonamides is 1. The van der Waals surface area contributed by atoms with E-state index in [2.05, 4.69) is 4.74 Å². The fourth-order valence-corrected chi connectivity index (χ4v) is 5.16. The first-order valence-electron chi connectivity index (χ1n) is 5.48. The quantitative estimate of drug-likeness (QED) is 0.579. The molecule has 1 aliphatic rings. The van der Waals surface area contributed by atoms with Crippen molar-refractivity contribution in [2.24, 2.45) is 0 Å². The van der Waals surface area contributed by atoms with Crippen molar-refractivity contribution in [1.82, 2.24) is 4.31 Å². The molecule has 0 atom stereocenters. The molecule has 9 heteroatoms. The maximum absolute atomic E-state index is 11.9. The zero-order valence-corrected chi connectivity index (χ0v) is 12.0. The second-order valence-electron chi connectivity index (χ2n) is 4.24. The lowest BCUT2D eigenvalue weighted by Gasteiger charge is -2.20. The van der Waals surface area contributed by atoms with Crippen molar-refractivity contribution >= 4 is 25.8 Å². The molecule has 0 spiro atoms. The van der Waals surface area contributed by atoms with Crippen LogP contribution < -0.4 is 0 Å². The van der Waals surface area contributed by atoms with Gasteiger partial charge in [0.1, 0.15) is 6.54 Å². The molecule has 0 radical (unpaired) electrons. The van der Waals surface area contributed by atoms with Crippen molar-refractivity contribution in [3.05, 3.63) is 0 Å². The van der Waals surface area contributed by atoms with Crippen LogP contribution in [0.4, 0.5) is 0 Å². The smallest absolute Gasteiger partial charge is 0.321 e. The van der Waals surface area contributed by atoms with Gasteiger partial charge >= 0.3 is 5.97 Å². The summed E-state index contributed by atoms with van der Waals surface area (Å²) in [6.07, 6.45) is 2.13. The highest BCUT2D eigenvalue weighted by molar-refractivity contribution is 8.06. The molecule has 0 N–H and O–H groups in total. The van der Waals surface area contributed by atoms with Crippen LogP contribution in [0.15, 0.2) is 0 Å². The van der Waals surface area contributed by atoms with Gasteiger partial charge in [0, 0.05) is 12.3 Å². The number of hydrogen-bond acceptors (Lipinski definition) is 6. The van der Waals surface area contributed by atoms with Gasteiger partial charge in [-0.05, 0) is 19.8 Å². The summed E-state index contributed by atoms with van der Waals surface area (Å²) < 4.78 is 51.6. The molecule has 0 unspecified atom stereocenters. The monoisotopic (exact) mass is 299 g/mol. The summed E-state index contributed by atoms with van der Waals surface area (Å²) in [5.41, 5.74) is 0. The van der Waals surface area contributed by atoms with Gasteiger partial charge in [-0.2, -0.15) is 4.31 Å². The molecule has 18 heavy (non-hydrogen) atoms. The number of ether oxygens (including phenoxy) is 1. The molecule has 0 heterocycles. The predicted molar refractivity (Wildman–Crippen MR) is 65.0 cm³/mol. The normalized spacial score (nSPS) is 16.8. The highest BCUT2D eigenvalue weighted by Crippen LogP contribution is 2.29. The molecule has 1 fully saturated rings. The first-order chi connectivity index (χ1) is 8.15. The van der Waals surface area contributed by atoms with E-state index < -0.39 is 37.5 Å². The van der Waals surface area contributed by atoms with Crippen molar-refractivity contribution in [3.63, 3.8) is 0 Å². The molecule has 1 saturated carbocycles. The van der Waals surface area contributed by atoms with Gasteiger partial charge in [0.05, 0.1) is 6.61 Å². The predicted octanol–water partition coefficient (Wildman–Crippen LogP) is -0.654. The summed E-state index contributed by atoms with van der Waals surface area (Å²) in [6, 6.07) is -0.277. The zero-order valence-electron chi connectivity index (χ0n) is 10.3. The van der Waals surface area contributed by atoms with Crippen LogP contribution >= 0.6 is 0 Å². The summed E-state index contributed by atoms with van der Waals surface area (Å²) >= 11 is 0. The summed E-state index contributed by atoms with van der Waals surface area (Å²) in [5, 5.41) is -0.976. The van der Waals surface area contributed by atoms with E-state index in [1.807, 2.05) is 0 Å². The third-order valence-corrected chi connectivity index (χ3v) is 6.31. The van der Waals surface area contributed by atoms with E-state index in [1.54, 1.807) is 6.92 Å². The van der Waals surface area contributed by atoms with Crippen molar-refractivity contribution in [2.75, 3.05) is 24.5 Å². The number of nitrogens with zero attached hydrogens (tertiary/aromatic N) is 1. The van der Waals surface area contributed by atoms with Crippen LogP contribution in [-0.2, 0) is 29.4 Å². The van der Waals surface area contributed by atoms with E-state index in [4.69, 9.17) is 0 Å². The van der Waals surface area contributed by atoms with E-state index in [0.29, 0.717) is 12.8 Å². The molecule has 0 aromatic rings. The van der Waals surface area contributed by atoms with Gasteiger partial charge in [0.2, 0.25) is 10.0 Å². The first kappa shape index (κ1) is 15.4. The van der Waals surface area contributed by atoms with Crippen LogP contribution in [0, 0.1) is 0 Å². The molecular formula is C9H17NO6S2. The van der Waals surface area contributed by atoms with E-state index in [-0.39, 0.29) is 12.6 Å². The zero-order chi connectivity index (χ0) is 14.0. The largest absolute Gasteiger partial charge is 0.465 e. The average molecular weight is 299 g/mol. The molecule has 106 valence electrons. The molecule has 0 saturated heterocycles. The lowest BCUT2D eigenvalue weighted by atomic mass is 10.6. The Hall–Kier alpha value is -0.670. The highest BCUT2D eigenvalue weighted by Gasteiger charge is 2.40. The number of sulfone groups is 1. The Morgan fingerprint density at radius 2 is 1.83 bits per heavy atom. The van der Waals surface area contributed by atoms with Gasteiger partial charge < -0.3 is 4.74 Å². The SMILES string of the molecule is CCOC(=O)CN(C1CC1)S(=O)(=O)CS(C)(=O)=O. The van der Waals surface area contributed by atoms with Gasteiger partial charge in [-0.3, -0.25) is 4.79 Å². The fourth-order valence-electron chi connectivity index (χ4n) is 1.49. The standard InChI is InChI=1S/C9H17NO6S2/c1-3-16-9(11)6-10(8-4-5-8)18(14,15)7-17(2,12)13/h8H,3-7H2,1-2H3. The lowest BCUT2D eigenvalue weighted by molar-refractivity contribution is -0.143. The Morgan fingerprint density at radius 3 is 2.22 bits per heavy atom. The van der Waals surface area contributed by atoms with Crippen LogP contribution in [0.25, 0.3) is 0 Å². The lowest BCUT2D eigenvalue weighted by Crippen LogP contribution is -2.40. The molecule has 1 rings (SSSR count). The van der Waals surface area contributed by atoms with Crippen LogP contribution in [0.1, 0.15) is 19.8 Å². The van der Waals surface area contributed by atoms with E-state index in [9.17, 15) is 21.6 Å². The number of carbonyl (C=O) groups is 1.